The maximum atomic E-state index is 13.3. The van der Waals surface area contributed by atoms with E-state index >= 15 is 0 Å². The molecule has 0 saturated heterocycles. The van der Waals surface area contributed by atoms with Crippen LogP contribution in [0.2, 0.25) is 5.02 Å². The molecule has 1 aliphatic heterocycles. The molecule has 6 nitrogen and oxygen atoms in total. The minimum absolute atomic E-state index is 0.326. The van der Waals surface area contributed by atoms with Crippen molar-refractivity contribution in [1.29, 1.82) is 0 Å². The van der Waals surface area contributed by atoms with Gasteiger partial charge >= 0.3 is 0 Å². The van der Waals surface area contributed by atoms with Crippen LogP contribution in [0.4, 0.5) is 5.69 Å². The van der Waals surface area contributed by atoms with Crippen LogP contribution in [-0.4, -0.2) is 23.9 Å². The van der Waals surface area contributed by atoms with Gasteiger partial charge in [-0.05, 0) is 60.2 Å². The lowest BCUT2D eigenvalue weighted by Crippen LogP contribution is -2.52. The number of ether oxygens (including phenoxy) is 1. The molecule has 0 spiro atoms. The van der Waals surface area contributed by atoms with Gasteiger partial charge in [-0.25, -0.2) is 5.01 Å². The summed E-state index contributed by atoms with van der Waals surface area (Å²) in [4.78, 5) is 26.1. The monoisotopic (exact) mass is 485 g/mol. The van der Waals surface area contributed by atoms with Crippen LogP contribution in [0.25, 0.3) is 0 Å². The van der Waals surface area contributed by atoms with E-state index in [1.807, 2.05) is 24.3 Å². The van der Waals surface area contributed by atoms with Crippen molar-refractivity contribution in [2.45, 2.75) is 6.17 Å². The first-order valence-electron chi connectivity index (χ1n) is 9.06. The minimum Gasteiger partial charge on any atom is -0.497 e. The molecule has 0 fully saturated rings. The summed E-state index contributed by atoms with van der Waals surface area (Å²) >= 11 is 9.31. The third-order valence-electron chi connectivity index (χ3n) is 4.74. The highest BCUT2D eigenvalue weighted by atomic mass is 79.9. The molecule has 0 saturated carbocycles. The summed E-state index contributed by atoms with van der Waals surface area (Å²) in [6.07, 6.45) is -0.603. The molecule has 1 aliphatic rings. The molecule has 1 heterocycles. The first-order chi connectivity index (χ1) is 14.5. The summed E-state index contributed by atoms with van der Waals surface area (Å²) in [5, 5.41) is 5.16. The highest BCUT2D eigenvalue weighted by Crippen LogP contribution is 2.34. The Hall–Kier alpha value is -3.03. The van der Waals surface area contributed by atoms with Gasteiger partial charge in [-0.1, -0.05) is 39.7 Å². The van der Waals surface area contributed by atoms with Gasteiger partial charge in [-0.15, -0.1) is 0 Å². The predicted octanol–water partition coefficient (Wildman–Crippen LogP) is 5.02. The Morgan fingerprint density at radius 2 is 1.80 bits per heavy atom. The summed E-state index contributed by atoms with van der Waals surface area (Å²) in [5.74, 6) is -0.0473. The Morgan fingerprint density at radius 3 is 2.47 bits per heavy atom. The number of amides is 2. The Kier molecular flexibility index (Phi) is 5.65. The molecule has 8 heteroatoms. The van der Waals surface area contributed by atoms with Crippen molar-refractivity contribution < 1.29 is 14.3 Å². The average molecular weight is 487 g/mol. The highest BCUT2D eigenvalue weighted by Gasteiger charge is 2.34. The maximum absolute atomic E-state index is 13.3. The Bertz CT molecular complexity index is 1100. The third-order valence-corrected chi connectivity index (χ3v) is 5.49. The van der Waals surface area contributed by atoms with E-state index in [2.05, 4.69) is 26.7 Å². The Balaban J connectivity index is 1.71. The van der Waals surface area contributed by atoms with E-state index in [0.717, 1.165) is 10.0 Å². The number of hydrazine groups is 1. The number of methoxy groups -OCH3 is 1. The molecule has 1 unspecified atom stereocenters. The van der Waals surface area contributed by atoms with Gasteiger partial charge < -0.3 is 10.1 Å². The lowest BCUT2D eigenvalue weighted by Gasteiger charge is -2.38. The number of fused-ring (bicyclic) bond motifs is 1. The number of anilines is 1. The van der Waals surface area contributed by atoms with E-state index < -0.39 is 12.1 Å². The van der Waals surface area contributed by atoms with Crippen LogP contribution < -0.4 is 15.5 Å². The number of halogens is 2. The zero-order valence-electron chi connectivity index (χ0n) is 15.9. The second-order valence-electron chi connectivity index (χ2n) is 6.63. The summed E-state index contributed by atoms with van der Waals surface area (Å²) in [5.41, 5.74) is 5.04. The number of hydrogen-bond acceptors (Lipinski definition) is 4. The van der Waals surface area contributed by atoms with Gasteiger partial charge in [0.25, 0.3) is 11.8 Å². The van der Waals surface area contributed by atoms with Gasteiger partial charge in [0, 0.05) is 20.7 Å². The third kappa shape index (κ3) is 3.99. The number of nitrogens with zero attached hydrogens (tertiary/aromatic N) is 1. The van der Waals surface area contributed by atoms with Crippen LogP contribution >= 0.6 is 27.5 Å². The average Bonchev–Trinajstić information content (AvgIpc) is 2.76. The molecule has 0 radical (unpaired) electrons. The SMILES string of the molecule is COc1ccc(C2Nc3ccc(Br)cc3C(=O)N2NC(=O)c2ccc(Cl)cc2)cc1. The molecule has 0 aliphatic carbocycles. The summed E-state index contributed by atoms with van der Waals surface area (Å²) in [6, 6.07) is 19.1. The fourth-order valence-electron chi connectivity index (χ4n) is 3.19. The topological polar surface area (TPSA) is 70.7 Å². The van der Waals surface area contributed by atoms with Crippen molar-refractivity contribution >= 4 is 45.0 Å². The number of rotatable bonds is 4. The number of benzene rings is 3. The van der Waals surface area contributed by atoms with Gasteiger partial charge in [0.05, 0.1) is 12.7 Å². The molecule has 2 amide bonds. The number of carbonyl (C=O) groups is 2. The fourth-order valence-corrected chi connectivity index (χ4v) is 3.67. The fraction of sp³-hybridized carbons (Fsp3) is 0.0909. The van der Waals surface area contributed by atoms with Crippen molar-refractivity contribution in [2.24, 2.45) is 0 Å². The number of nitrogens with one attached hydrogen (secondary N) is 2. The smallest absolute Gasteiger partial charge is 0.276 e. The maximum Gasteiger partial charge on any atom is 0.276 e. The first kappa shape index (κ1) is 20.3. The van der Waals surface area contributed by atoms with Crippen molar-refractivity contribution in [3.63, 3.8) is 0 Å². The van der Waals surface area contributed by atoms with Crippen LogP contribution in [0.1, 0.15) is 32.4 Å². The lowest BCUT2D eigenvalue weighted by molar-refractivity contribution is 0.0491. The summed E-state index contributed by atoms with van der Waals surface area (Å²) in [6.45, 7) is 0. The summed E-state index contributed by atoms with van der Waals surface area (Å²) in [7, 11) is 1.59. The largest absolute Gasteiger partial charge is 0.497 e. The molecule has 30 heavy (non-hydrogen) atoms. The predicted molar refractivity (Wildman–Crippen MR) is 119 cm³/mol. The normalized spacial score (nSPS) is 15.2. The van der Waals surface area contributed by atoms with Crippen LogP contribution in [0.5, 0.6) is 5.75 Å². The van der Waals surface area contributed by atoms with E-state index in [-0.39, 0.29) is 5.91 Å². The molecule has 0 bridgehead atoms. The second kappa shape index (κ2) is 8.38. The van der Waals surface area contributed by atoms with E-state index in [1.54, 1.807) is 49.6 Å². The van der Waals surface area contributed by atoms with Crippen LogP contribution in [0.3, 0.4) is 0 Å². The minimum atomic E-state index is -0.603. The quantitative estimate of drug-likeness (QED) is 0.543. The van der Waals surface area contributed by atoms with Crippen LogP contribution in [0.15, 0.2) is 71.2 Å². The van der Waals surface area contributed by atoms with Gasteiger partial charge in [0.15, 0.2) is 0 Å². The van der Waals surface area contributed by atoms with E-state index in [1.165, 1.54) is 5.01 Å². The lowest BCUT2D eigenvalue weighted by atomic mass is 10.0. The Labute approximate surface area is 186 Å². The zero-order chi connectivity index (χ0) is 21.3. The van der Waals surface area contributed by atoms with Crippen molar-refractivity contribution in [1.82, 2.24) is 10.4 Å². The standard InChI is InChI=1S/C22H17BrClN3O3/c1-30-17-9-4-13(5-10-17)20-25-19-11-6-15(23)12-18(19)22(29)27(20)26-21(28)14-2-7-16(24)8-3-14/h2-12,20,25H,1H3,(H,26,28). The number of hydrogen-bond donors (Lipinski definition) is 2. The van der Waals surface area contributed by atoms with Crippen LogP contribution in [0, 0.1) is 0 Å². The molecule has 3 aromatic carbocycles. The van der Waals surface area contributed by atoms with Gasteiger partial charge in [0.1, 0.15) is 11.9 Å². The Morgan fingerprint density at radius 1 is 1.10 bits per heavy atom. The van der Waals surface area contributed by atoms with E-state index in [9.17, 15) is 9.59 Å². The molecular weight excluding hydrogens is 470 g/mol. The number of carbonyl (C=O) groups excluding carboxylic acids is 2. The molecule has 1 atom stereocenters. The van der Waals surface area contributed by atoms with Crippen molar-refractivity contribution in [3.8, 4) is 5.75 Å². The van der Waals surface area contributed by atoms with Crippen molar-refractivity contribution in [2.75, 3.05) is 12.4 Å². The van der Waals surface area contributed by atoms with Gasteiger partial charge in [-0.3, -0.25) is 15.0 Å². The molecule has 0 aromatic heterocycles. The molecular formula is C22H17BrClN3O3. The zero-order valence-corrected chi connectivity index (χ0v) is 18.2. The molecule has 2 N–H and O–H groups in total. The van der Waals surface area contributed by atoms with Crippen LogP contribution in [-0.2, 0) is 0 Å². The molecule has 4 rings (SSSR count). The van der Waals surface area contributed by atoms with Crippen molar-refractivity contribution in [3.05, 3.63) is 92.9 Å². The molecule has 152 valence electrons. The first-order valence-corrected chi connectivity index (χ1v) is 10.2. The van der Waals surface area contributed by atoms with Gasteiger partial charge in [0.2, 0.25) is 0 Å². The highest BCUT2D eigenvalue weighted by molar-refractivity contribution is 9.10. The van der Waals surface area contributed by atoms with Gasteiger partial charge in [-0.2, -0.15) is 0 Å². The van der Waals surface area contributed by atoms with E-state index in [4.69, 9.17) is 16.3 Å². The molecule has 3 aromatic rings. The van der Waals surface area contributed by atoms with E-state index in [0.29, 0.717) is 27.6 Å². The second-order valence-corrected chi connectivity index (χ2v) is 7.99. The summed E-state index contributed by atoms with van der Waals surface area (Å²) < 4.78 is 5.99.